The van der Waals surface area contributed by atoms with Gasteiger partial charge in [0.05, 0.1) is 3.57 Å². The van der Waals surface area contributed by atoms with Crippen LogP contribution in [0.3, 0.4) is 0 Å². The van der Waals surface area contributed by atoms with Crippen LogP contribution in [-0.2, 0) is 0 Å². The van der Waals surface area contributed by atoms with Crippen molar-refractivity contribution >= 4 is 45.2 Å². The van der Waals surface area contributed by atoms with E-state index in [1.54, 1.807) is 45.2 Å². The van der Waals surface area contributed by atoms with Gasteiger partial charge in [-0.25, -0.2) is 13.8 Å². The van der Waals surface area contributed by atoms with E-state index in [1.165, 1.54) is 0 Å². The van der Waals surface area contributed by atoms with Crippen molar-refractivity contribution in [3.05, 3.63) is 24.8 Å². The zero-order valence-corrected chi connectivity index (χ0v) is 9.81. The number of rotatable bonds is 1. The normalized spacial score (nSPS) is 10.8. The lowest BCUT2D eigenvalue weighted by molar-refractivity contribution is 0.149. The third-order valence-corrected chi connectivity index (χ3v) is 4.10. The van der Waals surface area contributed by atoms with E-state index in [0.29, 0.717) is 3.57 Å². The number of hydrogen-bond acceptors (Lipinski definition) is 1. The molecular formula is C6H2F3I2N. The molecule has 0 atom stereocenters. The maximum Gasteiger partial charge on any atom is 0.265 e. The van der Waals surface area contributed by atoms with Crippen LogP contribution in [0.2, 0.25) is 0 Å². The second-order valence-electron chi connectivity index (χ2n) is 1.94. The molecule has 0 bridgehead atoms. The highest BCUT2D eigenvalue weighted by Crippen LogP contribution is 2.27. The van der Waals surface area contributed by atoms with Crippen molar-refractivity contribution in [2.75, 3.05) is 0 Å². The van der Waals surface area contributed by atoms with E-state index in [0.717, 1.165) is 6.07 Å². The van der Waals surface area contributed by atoms with Gasteiger partial charge in [0.25, 0.3) is 6.43 Å². The van der Waals surface area contributed by atoms with Crippen LogP contribution >= 0.6 is 45.2 Å². The molecule has 1 aromatic rings. The Hall–Kier alpha value is 0.400. The van der Waals surface area contributed by atoms with Crippen molar-refractivity contribution in [2.45, 2.75) is 6.43 Å². The first-order valence-corrected chi connectivity index (χ1v) is 4.97. The molecule has 0 amide bonds. The monoisotopic (exact) mass is 399 g/mol. The number of aromatic nitrogens is 1. The van der Waals surface area contributed by atoms with Gasteiger partial charge in [0.15, 0.2) is 0 Å². The summed E-state index contributed by atoms with van der Waals surface area (Å²) in [4.78, 5) is 3.40. The molecule has 1 heterocycles. The van der Waals surface area contributed by atoms with Gasteiger partial charge in [0.1, 0.15) is 3.70 Å². The molecule has 0 aromatic carbocycles. The Kier molecular flexibility index (Phi) is 3.56. The standard InChI is InChI=1S/C6H2F3I2N/c7-3-1-2(5(8)9)4(10)6(11)12-3/h1,5H. The van der Waals surface area contributed by atoms with Crippen LogP contribution in [0.4, 0.5) is 13.2 Å². The minimum absolute atomic E-state index is 0.267. The van der Waals surface area contributed by atoms with Gasteiger partial charge in [0.2, 0.25) is 5.95 Å². The highest BCUT2D eigenvalue weighted by molar-refractivity contribution is 14.1. The van der Waals surface area contributed by atoms with Crippen LogP contribution < -0.4 is 0 Å². The van der Waals surface area contributed by atoms with Crippen LogP contribution in [0.1, 0.15) is 12.0 Å². The van der Waals surface area contributed by atoms with Gasteiger partial charge < -0.3 is 0 Å². The van der Waals surface area contributed by atoms with E-state index in [4.69, 9.17) is 0 Å². The zero-order chi connectivity index (χ0) is 9.30. The minimum Gasteiger partial charge on any atom is -0.213 e. The first-order valence-electron chi connectivity index (χ1n) is 2.82. The molecule has 0 aliphatic carbocycles. The number of alkyl halides is 2. The average molecular weight is 399 g/mol. The van der Waals surface area contributed by atoms with Crippen molar-refractivity contribution in [2.24, 2.45) is 0 Å². The number of nitrogens with zero attached hydrogens (tertiary/aromatic N) is 1. The van der Waals surface area contributed by atoms with Crippen LogP contribution in [0.15, 0.2) is 6.07 Å². The summed E-state index contributed by atoms with van der Waals surface area (Å²) in [7, 11) is 0. The van der Waals surface area contributed by atoms with Gasteiger partial charge in [-0.1, -0.05) is 0 Å². The molecule has 12 heavy (non-hydrogen) atoms. The fourth-order valence-electron chi connectivity index (χ4n) is 0.645. The molecule has 0 radical (unpaired) electrons. The quantitative estimate of drug-likeness (QED) is 0.522. The predicted octanol–water partition coefficient (Wildman–Crippen LogP) is 3.37. The Balaban J connectivity index is 3.28. The van der Waals surface area contributed by atoms with Gasteiger partial charge in [-0.15, -0.1) is 0 Å². The number of halogens is 5. The van der Waals surface area contributed by atoms with Crippen molar-refractivity contribution in [3.8, 4) is 0 Å². The minimum atomic E-state index is -2.65. The summed E-state index contributed by atoms with van der Waals surface area (Å²) in [5, 5.41) is 0. The summed E-state index contributed by atoms with van der Waals surface area (Å²) in [5.41, 5.74) is -0.299. The summed E-state index contributed by atoms with van der Waals surface area (Å²) >= 11 is 3.44. The molecule has 0 unspecified atom stereocenters. The fraction of sp³-hybridized carbons (Fsp3) is 0.167. The largest absolute Gasteiger partial charge is 0.265 e. The third-order valence-electron chi connectivity index (χ3n) is 1.15. The van der Waals surface area contributed by atoms with Crippen molar-refractivity contribution in [1.29, 1.82) is 0 Å². The third kappa shape index (κ3) is 2.21. The van der Waals surface area contributed by atoms with Gasteiger partial charge in [-0.3, -0.25) is 0 Å². The summed E-state index contributed by atoms with van der Waals surface area (Å²) < 4.78 is 37.5. The van der Waals surface area contributed by atoms with Crippen LogP contribution in [-0.4, -0.2) is 4.98 Å². The fourth-order valence-corrected chi connectivity index (χ4v) is 1.70. The summed E-state index contributed by atoms with van der Waals surface area (Å²) in [6.45, 7) is 0. The van der Waals surface area contributed by atoms with Gasteiger partial charge >= 0.3 is 0 Å². The Morgan fingerprint density at radius 1 is 1.33 bits per heavy atom. The predicted molar refractivity (Wildman–Crippen MR) is 54.6 cm³/mol. The second kappa shape index (κ2) is 4.07. The first-order chi connectivity index (χ1) is 5.52. The lowest BCUT2D eigenvalue weighted by atomic mass is 10.3. The van der Waals surface area contributed by atoms with E-state index in [2.05, 4.69) is 4.98 Å². The van der Waals surface area contributed by atoms with E-state index in [-0.39, 0.29) is 9.26 Å². The van der Waals surface area contributed by atoms with Gasteiger partial charge in [0, 0.05) is 11.6 Å². The maximum atomic E-state index is 12.5. The van der Waals surface area contributed by atoms with Gasteiger partial charge in [-0.05, 0) is 45.2 Å². The molecule has 0 aliphatic heterocycles. The van der Waals surface area contributed by atoms with E-state index < -0.39 is 12.4 Å². The Labute approximate surface area is 94.0 Å². The topological polar surface area (TPSA) is 12.9 Å². The molecule has 1 rings (SSSR count). The lowest BCUT2D eigenvalue weighted by Gasteiger charge is -2.03. The summed E-state index contributed by atoms with van der Waals surface area (Å²) in [6, 6.07) is 0.759. The molecular weight excluding hydrogens is 397 g/mol. The number of hydrogen-bond donors (Lipinski definition) is 0. The smallest absolute Gasteiger partial charge is 0.213 e. The molecule has 1 aromatic heterocycles. The molecule has 0 spiro atoms. The molecule has 66 valence electrons. The van der Waals surface area contributed by atoms with E-state index in [1.807, 2.05) is 0 Å². The molecule has 0 saturated carbocycles. The van der Waals surface area contributed by atoms with Crippen LogP contribution in [0.25, 0.3) is 0 Å². The Bertz CT molecular complexity index is 303. The van der Waals surface area contributed by atoms with Crippen molar-refractivity contribution in [3.63, 3.8) is 0 Å². The highest BCUT2D eigenvalue weighted by Gasteiger charge is 2.16. The zero-order valence-electron chi connectivity index (χ0n) is 5.49. The van der Waals surface area contributed by atoms with Gasteiger partial charge in [-0.2, -0.15) is 4.39 Å². The first kappa shape index (κ1) is 10.5. The Morgan fingerprint density at radius 2 is 1.92 bits per heavy atom. The molecule has 0 N–H and O–H groups in total. The second-order valence-corrected chi connectivity index (χ2v) is 4.04. The molecule has 0 saturated heterocycles. The van der Waals surface area contributed by atoms with Crippen molar-refractivity contribution < 1.29 is 13.2 Å². The number of pyridine rings is 1. The highest BCUT2D eigenvalue weighted by atomic mass is 127. The molecule has 1 nitrogen and oxygen atoms in total. The summed E-state index contributed by atoms with van der Waals surface area (Å²) in [5.74, 6) is -0.866. The summed E-state index contributed by atoms with van der Waals surface area (Å²) in [6.07, 6.45) is -2.65. The van der Waals surface area contributed by atoms with Crippen LogP contribution in [0.5, 0.6) is 0 Å². The Morgan fingerprint density at radius 3 is 2.42 bits per heavy atom. The van der Waals surface area contributed by atoms with Crippen LogP contribution in [0, 0.1) is 13.2 Å². The molecule has 0 aliphatic rings. The van der Waals surface area contributed by atoms with E-state index in [9.17, 15) is 13.2 Å². The molecule has 0 fully saturated rings. The average Bonchev–Trinajstić information content (AvgIpc) is 1.96. The maximum absolute atomic E-state index is 12.5. The molecule has 6 heteroatoms. The van der Waals surface area contributed by atoms with Crippen molar-refractivity contribution in [1.82, 2.24) is 4.98 Å². The lowest BCUT2D eigenvalue weighted by Crippen LogP contribution is -1.98. The SMILES string of the molecule is Fc1cc(C(F)F)c(I)c(I)n1. The van der Waals surface area contributed by atoms with E-state index >= 15 is 0 Å².